The van der Waals surface area contributed by atoms with E-state index in [0.29, 0.717) is 36.2 Å². The Balaban J connectivity index is 1.67. The van der Waals surface area contributed by atoms with Gasteiger partial charge in [0.15, 0.2) is 0 Å². The van der Waals surface area contributed by atoms with Gasteiger partial charge in [-0.05, 0) is 49.7 Å². The van der Waals surface area contributed by atoms with Gasteiger partial charge in [0.25, 0.3) is 5.91 Å². The lowest BCUT2D eigenvalue weighted by Gasteiger charge is -2.13. The van der Waals surface area contributed by atoms with E-state index in [1.165, 1.54) is 0 Å². The van der Waals surface area contributed by atoms with Gasteiger partial charge in [-0.1, -0.05) is 17.7 Å². The largest absolute Gasteiger partial charge is 0.475 e. The normalized spacial score (nSPS) is 10.8. The van der Waals surface area contributed by atoms with Crippen molar-refractivity contribution in [1.82, 2.24) is 14.9 Å². The lowest BCUT2D eigenvalue weighted by molar-refractivity contribution is 0.0951. The smallest absolute Gasteiger partial charge is 0.253 e. The van der Waals surface area contributed by atoms with E-state index in [2.05, 4.69) is 14.9 Å². The second-order valence-electron chi connectivity index (χ2n) is 6.64. The van der Waals surface area contributed by atoms with Crippen LogP contribution < -0.4 is 10.1 Å². The molecule has 2 heterocycles. The van der Waals surface area contributed by atoms with Gasteiger partial charge in [0, 0.05) is 43.0 Å². The summed E-state index contributed by atoms with van der Waals surface area (Å²) in [5.74, 6) is 0.282. The summed E-state index contributed by atoms with van der Waals surface area (Å²) in [7, 11) is 1.62. The molecule has 3 rings (SSSR count). The average molecular weight is 414 g/mol. The summed E-state index contributed by atoms with van der Waals surface area (Å²) in [4.78, 5) is 16.9. The lowest BCUT2D eigenvalue weighted by Crippen LogP contribution is -2.23. The van der Waals surface area contributed by atoms with Crippen LogP contribution in [-0.2, 0) is 11.3 Å². The molecule has 0 fully saturated rings. The number of amides is 1. The molecule has 2 aromatic heterocycles. The van der Waals surface area contributed by atoms with Gasteiger partial charge < -0.3 is 19.4 Å². The van der Waals surface area contributed by atoms with Crippen molar-refractivity contribution in [2.24, 2.45) is 0 Å². The van der Waals surface area contributed by atoms with Crippen LogP contribution in [0.1, 0.15) is 27.3 Å². The third-order valence-electron chi connectivity index (χ3n) is 4.51. The number of carbonyl (C=O) groups excluding carboxylic acids is 1. The molecule has 0 radical (unpaired) electrons. The third kappa shape index (κ3) is 5.16. The summed E-state index contributed by atoms with van der Waals surface area (Å²) in [5, 5.41) is 3.31. The molecule has 1 aromatic carbocycles. The molecule has 0 atom stereocenters. The van der Waals surface area contributed by atoms with Crippen molar-refractivity contribution in [2.75, 3.05) is 20.3 Å². The molecule has 6 nitrogen and oxygen atoms in total. The molecule has 29 heavy (non-hydrogen) atoms. The summed E-state index contributed by atoms with van der Waals surface area (Å²) in [5.41, 5.74) is 4.38. The Hall–Kier alpha value is -2.83. The summed E-state index contributed by atoms with van der Waals surface area (Å²) >= 11 is 6.29. The van der Waals surface area contributed by atoms with Crippen LogP contribution in [-0.4, -0.2) is 35.8 Å². The topological polar surface area (TPSA) is 65.4 Å². The molecule has 3 aromatic rings. The highest BCUT2D eigenvalue weighted by molar-refractivity contribution is 6.33. The molecular weight excluding hydrogens is 390 g/mol. The molecule has 0 spiro atoms. The molecular formula is C22H24ClN3O3. The number of carbonyl (C=O) groups is 1. The zero-order valence-corrected chi connectivity index (χ0v) is 17.5. The zero-order valence-electron chi connectivity index (χ0n) is 16.7. The fraction of sp³-hybridized carbons (Fsp3) is 0.273. The number of aromatic nitrogens is 2. The van der Waals surface area contributed by atoms with Crippen LogP contribution in [0.2, 0.25) is 5.02 Å². The molecule has 0 saturated heterocycles. The van der Waals surface area contributed by atoms with Crippen LogP contribution in [0.3, 0.4) is 0 Å². The molecule has 152 valence electrons. The van der Waals surface area contributed by atoms with Gasteiger partial charge >= 0.3 is 0 Å². The van der Waals surface area contributed by atoms with E-state index in [1.807, 2.05) is 44.2 Å². The number of ether oxygens (including phenoxy) is 2. The Kier molecular flexibility index (Phi) is 6.90. The fourth-order valence-electron chi connectivity index (χ4n) is 3.01. The summed E-state index contributed by atoms with van der Waals surface area (Å²) < 4.78 is 12.5. The lowest BCUT2D eigenvalue weighted by atomic mass is 10.1. The molecule has 7 heteroatoms. The van der Waals surface area contributed by atoms with Gasteiger partial charge in [0.1, 0.15) is 6.61 Å². The minimum absolute atomic E-state index is 0.236. The van der Waals surface area contributed by atoms with Crippen molar-refractivity contribution in [3.63, 3.8) is 0 Å². The second-order valence-corrected chi connectivity index (χ2v) is 7.05. The van der Waals surface area contributed by atoms with E-state index in [9.17, 15) is 4.79 Å². The molecule has 0 aliphatic rings. The zero-order chi connectivity index (χ0) is 20.8. The maximum atomic E-state index is 12.7. The minimum Gasteiger partial charge on any atom is -0.475 e. The van der Waals surface area contributed by atoms with Crippen LogP contribution in [0.25, 0.3) is 5.69 Å². The minimum atomic E-state index is -0.236. The Morgan fingerprint density at radius 3 is 2.52 bits per heavy atom. The number of rotatable bonds is 8. The average Bonchev–Trinajstić information content (AvgIpc) is 3.06. The van der Waals surface area contributed by atoms with E-state index in [0.717, 1.165) is 22.6 Å². The number of hydrogen-bond donors (Lipinski definition) is 1. The molecule has 0 aliphatic heterocycles. The molecule has 0 aliphatic carbocycles. The Morgan fingerprint density at radius 1 is 1.10 bits per heavy atom. The van der Waals surface area contributed by atoms with Crippen molar-refractivity contribution >= 4 is 17.5 Å². The van der Waals surface area contributed by atoms with Crippen molar-refractivity contribution in [2.45, 2.75) is 20.4 Å². The summed E-state index contributed by atoms with van der Waals surface area (Å²) in [6.07, 6.45) is 1.67. The van der Waals surface area contributed by atoms with Crippen molar-refractivity contribution in [1.29, 1.82) is 0 Å². The number of aryl methyl sites for hydroxylation is 2. The molecule has 1 N–H and O–H groups in total. The number of pyridine rings is 1. The number of hydrogen-bond acceptors (Lipinski definition) is 4. The SMILES string of the molecule is COCCOc1ccc(CNC(=O)c2cc(-n3c(C)ccc3C)ccc2Cl)cn1. The maximum absolute atomic E-state index is 12.7. The van der Waals surface area contributed by atoms with Gasteiger partial charge in [0.2, 0.25) is 5.88 Å². The maximum Gasteiger partial charge on any atom is 0.253 e. The monoisotopic (exact) mass is 413 g/mol. The first-order chi connectivity index (χ1) is 14.0. The van der Waals surface area contributed by atoms with E-state index < -0.39 is 0 Å². The standard InChI is InChI=1S/C22H24ClN3O3/c1-15-4-5-16(2)26(15)18-7-8-20(23)19(12-18)22(27)25-14-17-6-9-21(24-13-17)29-11-10-28-3/h4-9,12-13H,10-11,14H2,1-3H3,(H,25,27). The predicted molar refractivity (Wildman–Crippen MR) is 113 cm³/mol. The summed E-state index contributed by atoms with van der Waals surface area (Å²) in [6.45, 7) is 5.33. The van der Waals surface area contributed by atoms with Crippen molar-refractivity contribution in [3.8, 4) is 11.6 Å². The van der Waals surface area contributed by atoms with E-state index in [4.69, 9.17) is 21.1 Å². The van der Waals surface area contributed by atoms with E-state index in [1.54, 1.807) is 25.4 Å². The van der Waals surface area contributed by atoms with Gasteiger partial charge in [-0.3, -0.25) is 4.79 Å². The van der Waals surface area contributed by atoms with E-state index >= 15 is 0 Å². The number of methoxy groups -OCH3 is 1. The molecule has 1 amide bonds. The first-order valence-corrected chi connectivity index (χ1v) is 9.67. The Labute approximate surface area is 175 Å². The number of nitrogens with one attached hydrogen (secondary N) is 1. The van der Waals surface area contributed by atoms with Crippen LogP contribution in [0.4, 0.5) is 0 Å². The first-order valence-electron chi connectivity index (χ1n) is 9.29. The number of halogens is 1. The number of benzene rings is 1. The molecule has 0 saturated carbocycles. The van der Waals surface area contributed by atoms with Gasteiger partial charge in [-0.2, -0.15) is 0 Å². The van der Waals surface area contributed by atoms with Crippen molar-refractivity contribution < 1.29 is 14.3 Å². The highest BCUT2D eigenvalue weighted by atomic mass is 35.5. The van der Waals surface area contributed by atoms with Gasteiger partial charge in [0.05, 0.1) is 17.2 Å². The fourth-order valence-corrected chi connectivity index (χ4v) is 3.21. The van der Waals surface area contributed by atoms with Gasteiger partial charge in [-0.15, -0.1) is 0 Å². The van der Waals surface area contributed by atoms with Crippen molar-refractivity contribution in [3.05, 3.63) is 76.2 Å². The summed E-state index contributed by atoms with van der Waals surface area (Å²) in [6, 6.07) is 13.2. The van der Waals surface area contributed by atoms with Crippen LogP contribution in [0.15, 0.2) is 48.7 Å². The molecule has 0 unspecified atom stereocenters. The van der Waals surface area contributed by atoms with E-state index in [-0.39, 0.29) is 5.91 Å². The highest BCUT2D eigenvalue weighted by Crippen LogP contribution is 2.23. The first kappa shape index (κ1) is 20.9. The number of nitrogens with zero attached hydrogens (tertiary/aromatic N) is 2. The Bertz CT molecular complexity index is 964. The van der Waals surface area contributed by atoms with Crippen LogP contribution in [0.5, 0.6) is 5.88 Å². The second kappa shape index (κ2) is 9.58. The Morgan fingerprint density at radius 2 is 1.86 bits per heavy atom. The molecule has 0 bridgehead atoms. The highest BCUT2D eigenvalue weighted by Gasteiger charge is 2.13. The van der Waals surface area contributed by atoms with Gasteiger partial charge in [-0.25, -0.2) is 4.98 Å². The predicted octanol–water partition coefficient (Wildman–Crippen LogP) is 4.10. The van der Waals surface area contributed by atoms with Crippen LogP contribution >= 0.6 is 11.6 Å². The third-order valence-corrected chi connectivity index (χ3v) is 4.84. The van der Waals surface area contributed by atoms with Crippen LogP contribution in [0, 0.1) is 13.8 Å². The quantitative estimate of drug-likeness (QED) is 0.565.